The maximum absolute atomic E-state index is 12.2. The molecule has 1 aliphatic heterocycles. The number of hydrogen-bond acceptors (Lipinski definition) is 7. The summed E-state index contributed by atoms with van der Waals surface area (Å²) in [6, 6.07) is 9.60. The van der Waals surface area contributed by atoms with Crippen LogP contribution in [0.4, 0.5) is 5.82 Å². The zero-order valence-corrected chi connectivity index (χ0v) is 15.9. The third kappa shape index (κ3) is 3.71. The zero-order chi connectivity index (χ0) is 19.5. The summed E-state index contributed by atoms with van der Waals surface area (Å²) in [4.78, 5) is 25.1. The Labute approximate surface area is 163 Å². The lowest BCUT2D eigenvalue weighted by atomic mass is 10.1. The number of carbonyl (C=O) groups excluding carboxylic acids is 1. The largest absolute Gasteiger partial charge is 0.415 e. The van der Waals surface area contributed by atoms with E-state index < -0.39 is 0 Å². The normalized spacial score (nSPS) is 14.5. The highest BCUT2D eigenvalue weighted by molar-refractivity contribution is 5.78. The number of amides is 1. The van der Waals surface area contributed by atoms with Crippen molar-refractivity contribution in [1.29, 1.82) is 0 Å². The molecule has 144 valence electrons. The summed E-state index contributed by atoms with van der Waals surface area (Å²) in [7, 11) is 0. The van der Waals surface area contributed by atoms with Crippen LogP contribution in [0.25, 0.3) is 23.0 Å². The van der Waals surface area contributed by atoms with Crippen molar-refractivity contribution in [3.63, 3.8) is 0 Å². The van der Waals surface area contributed by atoms with Gasteiger partial charge in [-0.15, -0.1) is 10.2 Å². The predicted molar refractivity (Wildman–Crippen MR) is 104 cm³/mol. The van der Waals surface area contributed by atoms with E-state index in [9.17, 15) is 4.79 Å². The minimum Gasteiger partial charge on any atom is -0.415 e. The second-order valence-corrected chi connectivity index (χ2v) is 7.01. The Morgan fingerprint density at radius 1 is 1.00 bits per heavy atom. The number of hydrogen-bond donors (Lipinski definition) is 0. The quantitative estimate of drug-likeness (QED) is 0.689. The first-order chi connectivity index (χ1) is 13.6. The first kappa shape index (κ1) is 18.1. The molecular weight excluding hydrogens is 356 g/mol. The Morgan fingerprint density at radius 2 is 1.71 bits per heavy atom. The third-order valence-corrected chi connectivity index (χ3v) is 4.70. The van der Waals surface area contributed by atoms with Crippen LogP contribution in [0.2, 0.25) is 0 Å². The van der Waals surface area contributed by atoms with Crippen molar-refractivity contribution < 1.29 is 9.21 Å². The lowest BCUT2D eigenvalue weighted by Crippen LogP contribution is -2.50. The maximum atomic E-state index is 12.2. The number of anilines is 1. The van der Waals surface area contributed by atoms with E-state index in [0.717, 1.165) is 24.5 Å². The van der Waals surface area contributed by atoms with Gasteiger partial charge in [0.15, 0.2) is 0 Å². The minimum absolute atomic E-state index is 0.0195. The van der Waals surface area contributed by atoms with Gasteiger partial charge in [0.1, 0.15) is 11.5 Å². The molecule has 3 aromatic rings. The topological polar surface area (TPSA) is 88.3 Å². The summed E-state index contributed by atoms with van der Waals surface area (Å²) in [6.45, 7) is 6.66. The van der Waals surface area contributed by atoms with Crippen LogP contribution in [0, 0.1) is 5.92 Å². The molecule has 0 aliphatic carbocycles. The Balaban J connectivity index is 1.49. The van der Waals surface area contributed by atoms with Crippen molar-refractivity contribution in [3.05, 3.63) is 42.7 Å². The highest BCUT2D eigenvalue weighted by Gasteiger charge is 2.24. The molecule has 1 saturated heterocycles. The van der Waals surface area contributed by atoms with Crippen LogP contribution in [-0.4, -0.2) is 57.2 Å². The zero-order valence-electron chi connectivity index (χ0n) is 15.9. The van der Waals surface area contributed by atoms with Crippen molar-refractivity contribution in [2.24, 2.45) is 5.92 Å². The molecule has 8 heteroatoms. The van der Waals surface area contributed by atoms with E-state index in [2.05, 4.69) is 25.1 Å². The summed E-state index contributed by atoms with van der Waals surface area (Å²) in [6.07, 6.45) is 3.34. The molecule has 4 rings (SSSR count). The Kier molecular flexibility index (Phi) is 5.01. The molecule has 0 atom stereocenters. The molecule has 2 aromatic heterocycles. The van der Waals surface area contributed by atoms with E-state index >= 15 is 0 Å². The molecule has 1 amide bonds. The van der Waals surface area contributed by atoms with E-state index in [1.54, 1.807) is 12.4 Å². The summed E-state index contributed by atoms with van der Waals surface area (Å²) in [5.74, 6) is 1.74. The summed E-state index contributed by atoms with van der Waals surface area (Å²) < 4.78 is 5.78. The van der Waals surface area contributed by atoms with E-state index in [-0.39, 0.29) is 11.8 Å². The van der Waals surface area contributed by atoms with Gasteiger partial charge in [-0.05, 0) is 12.1 Å². The highest BCUT2D eigenvalue weighted by atomic mass is 16.4. The predicted octanol–water partition coefficient (Wildman–Crippen LogP) is 2.50. The molecule has 0 radical (unpaired) electrons. The molecule has 1 aromatic carbocycles. The lowest BCUT2D eigenvalue weighted by Gasteiger charge is -2.36. The van der Waals surface area contributed by atoms with Gasteiger partial charge in [-0.2, -0.15) is 0 Å². The average Bonchev–Trinajstić information content (AvgIpc) is 3.24. The van der Waals surface area contributed by atoms with Gasteiger partial charge >= 0.3 is 0 Å². The average molecular weight is 378 g/mol. The van der Waals surface area contributed by atoms with Crippen LogP contribution in [-0.2, 0) is 4.79 Å². The van der Waals surface area contributed by atoms with Crippen molar-refractivity contribution in [2.75, 3.05) is 31.1 Å². The molecule has 1 aliphatic rings. The number of piperazine rings is 1. The first-order valence-corrected chi connectivity index (χ1v) is 9.37. The standard InChI is InChI=1S/C20H22N6O2/c1-14(2)20(27)26-10-8-25(9-11-26)17-13-21-12-16(22-17)19-24-23-18(28-19)15-6-4-3-5-7-15/h3-7,12-14H,8-11H2,1-2H3. The molecule has 0 unspecified atom stereocenters. The van der Waals surface area contributed by atoms with Crippen LogP contribution >= 0.6 is 0 Å². The first-order valence-electron chi connectivity index (χ1n) is 9.37. The molecule has 0 N–H and O–H groups in total. The van der Waals surface area contributed by atoms with E-state index in [4.69, 9.17) is 4.42 Å². The molecule has 8 nitrogen and oxygen atoms in total. The van der Waals surface area contributed by atoms with Gasteiger partial charge in [0.2, 0.25) is 11.8 Å². The summed E-state index contributed by atoms with van der Waals surface area (Å²) in [5.41, 5.74) is 1.39. The van der Waals surface area contributed by atoms with Crippen LogP contribution in [0.5, 0.6) is 0 Å². The minimum atomic E-state index is 0.0195. The summed E-state index contributed by atoms with van der Waals surface area (Å²) >= 11 is 0. The Morgan fingerprint density at radius 3 is 2.43 bits per heavy atom. The molecule has 3 heterocycles. The second kappa shape index (κ2) is 7.75. The molecular formula is C20H22N6O2. The Bertz CT molecular complexity index is 948. The van der Waals surface area contributed by atoms with E-state index in [0.29, 0.717) is 30.6 Å². The van der Waals surface area contributed by atoms with Crippen LogP contribution < -0.4 is 4.90 Å². The second-order valence-electron chi connectivity index (χ2n) is 7.01. The molecule has 1 fully saturated rings. The van der Waals surface area contributed by atoms with Crippen molar-refractivity contribution in [1.82, 2.24) is 25.1 Å². The smallest absolute Gasteiger partial charge is 0.268 e. The highest BCUT2D eigenvalue weighted by Crippen LogP contribution is 2.24. The van der Waals surface area contributed by atoms with E-state index in [1.165, 1.54) is 0 Å². The summed E-state index contributed by atoms with van der Waals surface area (Å²) in [5, 5.41) is 8.22. The fourth-order valence-corrected chi connectivity index (χ4v) is 3.16. The van der Waals surface area contributed by atoms with Gasteiger partial charge < -0.3 is 14.2 Å². The van der Waals surface area contributed by atoms with Gasteiger partial charge in [0.05, 0.1) is 12.4 Å². The van der Waals surface area contributed by atoms with Gasteiger partial charge in [-0.1, -0.05) is 32.0 Å². The molecule has 0 saturated carbocycles. The van der Waals surface area contributed by atoms with Crippen LogP contribution in [0.15, 0.2) is 47.1 Å². The molecule has 28 heavy (non-hydrogen) atoms. The number of nitrogens with zero attached hydrogens (tertiary/aromatic N) is 6. The number of rotatable bonds is 4. The molecule has 0 spiro atoms. The number of carbonyl (C=O) groups is 1. The monoisotopic (exact) mass is 378 g/mol. The van der Waals surface area contributed by atoms with Crippen molar-refractivity contribution in [2.45, 2.75) is 13.8 Å². The number of benzene rings is 1. The third-order valence-electron chi connectivity index (χ3n) is 4.70. The van der Waals surface area contributed by atoms with Gasteiger partial charge in [-0.25, -0.2) is 4.98 Å². The molecule has 0 bridgehead atoms. The number of aromatic nitrogens is 4. The van der Waals surface area contributed by atoms with Gasteiger partial charge in [-0.3, -0.25) is 9.78 Å². The van der Waals surface area contributed by atoms with E-state index in [1.807, 2.05) is 49.1 Å². The van der Waals surface area contributed by atoms with Crippen molar-refractivity contribution in [3.8, 4) is 23.0 Å². The maximum Gasteiger partial charge on any atom is 0.268 e. The SMILES string of the molecule is CC(C)C(=O)N1CCN(c2cncc(-c3nnc(-c4ccccc4)o3)n2)CC1. The fraction of sp³-hybridized carbons (Fsp3) is 0.350. The van der Waals surface area contributed by atoms with Crippen molar-refractivity contribution >= 4 is 11.7 Å². The van der Waals surface area contributed by atoms with Gasteiger partial charge in [0.25, 0.3) is 5.89 Å². The van der Waals surface area contributed by atoms with Crippen LogP contribution in [0.1, 0.15) is 13.8 Å². The fourth-order valence-electron chi connectivity index (χ4n) is 3.16. The van der Waals surface area contributed by atoms with Gasteiger partial charge in [0, 0.05) is 37.7 Å². The lowest BCUT2D eigenvalue weighted by molar-refractivity contribution is -0.134. The van der Waals surface area contributed by atoms with Crippen LogP contribution in [0.3, 0.4) is 0 Å². The Hall–Kier alpha value is -3.29.